The molecule has 0 spiro atoms. The number of hydrogen-bond donors (Lipinski definition) is 0. The average molecular weight is 794 g/mol. The van der Waals surface area contributed by atoms with E-state index in [0.29, 0.717) is 0 Å². The van der Waals surface area contributed by atoms with Crippen molar-refractivity contribution < 1.29 is 77.2 Å². The van der Waals surface area contributed by atoms with Gasteiger partial charge in [-0.05, 0) is 36.1 Å². The van der Waals surface area contributed by atoms with Gasteiger partial charge in [-0.3, -0.25) is 9.97 Å². The number of rotatable bonds is 4. The molecule has 0 bridgehead atoms. The fourth-order valence-electron chi connectivity index (χ4n) is 6.11. The van der Waals surface area contributed by atoms with Gasteiger partial charge in [0.2, 0.25) is 0 Å². The van der Waals surface area contributed by atoms with E-state index in [4.69, 9.17) is 0 Å². The maximum atomic E-state index is 4.59. The summed E-state index contributed by atoms with van der Waals surface area (Å²) in [5, 5.41) is 7.66. The summed E-state index contributed by atoms with van der Waals surface area (Å²) >= 11 is 0. The van der Waals surface area contributed by atoms with E-state index >= 15 is 0 Å². The van der Waals surface area contributed by atoms with Crippen LogP contribution in [0, 0.1) is 0 Å². The van der Waals surface area contributed by atoms with Gasteiger partial charge in [-0.15, -0.1) is 69.1 Å². The quantitative estimate of drug-likeness (QED) is 0.243. The van der Waals surface area contributed by atoms with Crippen molar-refractivity contribution in [1.82, 2.24) is 9.97 Å². The van der Waals surface area contributed by atoms with E-state index in [9.17, 15) is 0 Å². The summed E-state index contributed by atoms with van der Waals surface area (Å²) in [6, 6.07) is 43.3. The van der Waals surface area contributed by atoms with Crippen molar-refractivity contribution in [3.63, 3.8) is 0 Å². The molecule has 0 saturated heterocycles. The number of halogens is 2. The van der Waals surface area contributed by atoms with Gasteiger partial charge in [0.05, 0.1) is 11.0 Å². The third-order valence-electron chi connectivity index (χ3n) is 8.28. The van der Waals surface area contributed by atoms with Crippen molar-refractivity contribution in [2.24, 2.45) is 0 Å². The smallest absolute Gasteiger partial charge is 1.00 e. The standard InChI is InChI=1S/2C20H16N.2ClH.2Zr/c2*1-2-14-12-16-7-4-9-17(19(16)13-14)18-10-3-6-15-8-5-11-21-20(15)18;;;;/h2*3-13H,2H2,1H3;2*1H;;/q2*-1;;;2*+2/p-2. The molecule has 6 heteroatoms. The number of benzene rings is 4. The van der Waals surface area contributed by atoms with Crippen molar-refractivity contribution in [1.29, 1.82) is 0 Å². The molecule has 46 heavy (non-hydrogen) atoms. The van der Waals surface area contributed by atoms with E-state index in [1.165, 1.54) is 65.7 Å². The summed E-state index contributed by atoms with van der Waals surface area (Å²) in [4.78, 5) is 9.18. The van der Waals surface area contributed by atoms with Crippen LogP contribution in [0.25, 0.3) is 65.6 Å². The minimum absolute atomic E-state index is 0. The van der Waals surface area contributed by atoms with E-state index in [-0.39, 0.29) is 77.2 Å². The molecule has 224 valence electrons. The van der Waals surface area contributed by atoms with Crippen LogP contribution in [0.15, 0.2) is 134 Å². The Morgan fingerprint density at radius 2 is 0.848 bits per heavy atom. The first-order valence-corrected chi connectivity index (χ1v) is 14.8. The molecule has 0 aliphatic rings. The molecule has 0 atom stereocenters. The minimum Gasteiger partial charge on any atom is -1.00 e. The summed E-state index contributed by atoms with van der Waals surface area (Å²) in [6.07, 6.45) is 5.88. The van der Waals surface area contributed by atoms with Crippen LogP contribution in [-0.4, -0.2) is 9.97 Å². The zero-order chi connectivity index (χ0) is 28.5. The van der Waals surface area contributed by atoms with Gasteiger partial charge in [0.15, 0.2) is 0 Å². The second-order valence-corrected chi connectivity index (χ2v) is 10.8. The second-order valence-electron chi connectivity index (χ2n) is 10.8. The molecular weight excluding hydrogens is 762 g/mol. The molecule has 0 fully saturated rings. The number of aromatic nitrogens is 2. The van der Waals surface area contributed by atoms with Crippen LogP contribution in [0.5, 0.6) is 0 Å². The van der Waals surface area contributed by atoms with Crippen LogP contribution in [0.4, 0.5) is 0 Å². The van der Waals surface area contributed by atoms with E-state index in [1.54, 1.807) is 0 Å². The first kappa shape index (κ1) is 37.7. The van der Waals surface area contributed by atoms with Crippen molar-refractivity contribution in [3.05, 3.63) is 145 Å². The van der Waals surface area contributed by atoms with Crippen molar-refractivity contribution >= 4 is 43.4 Å². The Morgan fingerprint density at radius 1 is 0.478 bits per heavy atom. The van der Waals surface area contributed by atoms with Crippen molar-refractivity contribution in [3.8, 4) is 22.3 Å². The largest absolute Gasteiger partial charge is 2.00 e. The molecule has 2 heterocycles. The van der Waals surface area contributed by atoms with Gasteiger partial charge in [0.1, 0.15) is 0 Å². The molecule has 2 nitrogen and oxygen atoms in total. The van der Waals surface area contributed by atoms with E-state index in [1.807, 2.05) is 24.5 Å². The maximum absolute atomic E-state index is 4.59. The third-order valence-corrected chi connectivity index (χ3v) is 8.28. The predicted octanol–water partition coefficient (Wildman–Crippen LogP) is 4.68. The van der Waals surface area contributed by atoms with E-state index in [2.05, 4.69) is 133 Å². The number of para-hydroxylation sites is 2. The molecule has 2 aromatic heterocycles. The fraction of sp³-hybridized carbons (Fsp3) is 0.100. The number of fused-ring (bicyclic) bond motifs is 4. The van der Waals surface area contributed by atoms with Crippen LogP contribution in [0.2, 0.25) is 0 Å². The molecule has 0 aliphatic heterocycles. The molecule has 0 radical (unpaired) electrons. The molecule has 8 aromatic rings. The third kappa shape index (κ3) is 7.37. The number of aryl methyl sites for hydroxylation is 2. The molecule has 6 aromatic carbocycles. The van der Waals surface area contributed by atoms with Crippen LogP contribution >= 0.6 is 0 Å². The second kappa shape index (κ2) is 16.9. The van der Waals surface area contributed by atoms with Gasteiger partial charge in [0.25, 0.3) is 0 Å². The molecule has 8 rings (SSSR count). The Kier molecular flexibility index (Phi) is 13.9. The zero-order valence-electron chi connectivity index (χ0n) is 25.8. The van der Waals surface area contributed by atoms with Gasteiger partial charge in [0, 0.05) is 23.2 Å². The van der Waals surface area contributed by atoms with E-state index < -0.39 is 0 Å². The number of nitrogens with zero attached hydrogens (tertiary/aromatic N) is 2. The Balaban J connectivity index is 0.000000230. The Morgan fingerprint density at radius 3 is 1.26 bits per heavy atom. The first-order valence-electron chi connectivity index (χ1n) is 14.8. The van der Waals surface area contributed by atoms with Crippen LogP contribution in [0.1, 0.15) is 25.0 Å². The monoisotopic (exact) mass is 790 g/mol. The predicted molar refractivity (Wildman–Crippen MR) is 179 cm³/mol. The molecule has 0 unspecified atom stereocenters. The van der Waals surface area contributed by atoms with Crippen molar-refractivity contribution in [2.75, 3.05) is 0 Å². The summed E-state index contributed by atoms with van der Waals surface area (Å²) in [5.74, 6) is 0. The summed E-state index contributed by atoms with van der Waals surface area (Å²) in [6.45, 7) is 4.40. The summed E-state index contributed by atoms with van der Waals surface area (Å²) in [5.41, 5.74) is 9.92. The Labute approximate surface area is 321 Å². The summed E-state index contributed by atoms with van der Waals surface area (Å²) in [7, 11) is 0. The molecular formula is C40H32Cl2N2Zr2. The molecule has 0 amide bonds. The number of pyridine rings is 2. The number of hydrogen-bond acceptors (Lipinski definition) is 2. The van der Waals surface area contributed by atoms with Gasteiger partial charge in [-0.2, -0.15) is 12.1 Å². The Bertz CT molecular complexity index is 2030. The Hall–Kier alpha value is -2.73. The maximum Gasteiger partial charge on any atom is 2.00 e. The van der Waals surface area contributed by atoms with Crippen molar-refractivity contribution in [2.45, 2.75) is 26.7 Å². The van der Waals surface area contributed by atoms with Gasteiger partial charge in [-0.1, -0.05) is 85.6 Å². The fourth-order valence-corrected chi connectivity index (χ4v) is 6.11. The average Bonchev–Trinajstić information content (AvgIpc) is 3.69. The normalized spacial score (nSPS) is 10.3. The topological polar surface area (TPSA) is 25.8 Å². The summed E-state index contributed by atoms with van der Waals surface area (Å²) < 4.78 is 0. The molecule has 0 N–H and O–H groups in total. The SMILES string of the molecule is CCc1cc2c(-c3cccc4cccnc34)cccc2[cH-]1.CCc1cc2c(-c3cccc4cccnc34)cccc2[cH-]1.[Cl-].[Cl-].[Zr+2].[Zr+2]. The van der Waals surface area contributed by atoms with Gasteiger partial charge >= 0.3 is 52.4 Å². The molecule has 0 saturated carbocycles. The first-order chi connectivity index (χ1) is 20.7. The van der Waals surface area contributed by atoms with Crippen LogP contribution in [-0.2, 0) is 65.2 Å². The van der Waals surface area contributed by atoms with Gasteiger partial charge < -0.3 is 24.8 Å². The minimum atomic E-state index is 0. The zero-order valence-corrected chi connectivity index (χ0v) is 32.2. The molecule has 0 aliphatic carbocycles. The van der Waals surface area contributed by atoms with Crippen LogP contribution < -0.4 is 24.8 Å². The van der Waals surface area contributed by atoms with E-state index in [0.717, 1.165) is 23.9 Å². The van der Waals surface area contributed by atoms with Gasteiger partial charge in [-0.25, -0.2) is 0 Å². The van der Waals surface area contributed by atoms with Crippen LogP contribution in [0.3, 0.4) is 0 Å².